The summed E-state index contributed by atoms with van der Waals surface area (Å²) in [4.78, 5) is 9.30. The molecular weight excluding hydrogens is 237 g/mol. The molecule has 17 heavy (non-hydrogen) atoms. The number of nitrogens with zero attached hydrogens (tertiary/aromatic N) is 2. The average Bonchev–Trinajstić information content (AvgIpc) is 2.58. The second-order valence-corrected chi connectivity index (χ2v) is 5.24. The fourth-order valence-electron chi connectivity index (χ4n) is 1.61. The third-order valence-corrected chi connectivity index (χ3v) is 3.77. The van der Waals surface area contributed by atoms with Crippen molar-refractivity contribution in [1.29, 1.82) is 0 Å². The van der Waals surface area contributed by atoms with Gasteiger partial charge >= 0.3 is 0 Å². The summed E-state index contributed by atoms with van der Waals surface area (Å²) < 4.78 is 13.5. The first-order valence-electron chi connectivity index (χ1n) is 5.36. The van der Waals surface area contributed by atoms with E-state index < -0.39 is 0 Å². The molecule has 3 nitrogen and oxygen atoms in total. The van der Waals surface area contributed by atoms with E-state index >= 15 is 0 Å². The Labute approximate surface area is 104 Å². The summed E-state index contributed by atoms with van der Waals surface area (Å²) in [5, 5.41) is 0.948. The Morgan fingerprint density at radius 3 is 2.82 bits per heavy atom. The van der Waals surface area contributed by atoms with Crippen molar-refractivity contribution in [2.24, 2.45) is 5.73 Å². The van der Waals surface area contributed by atoms with E-state index in [2.05, 4.69) is 9.97 Å². The van der Waals surface area contributed by atoms with Gasteiger partial charge in [-0.3, -0.25) is 4.98 Å². The second-order valence-electron chi connectivity index (χ2n) is 3.96. The number of rotatable bonds is 3. The zero-order valence-corrected chi connectivity index (χ0v) is 10.6. The Morgan fingerprint density at radius 2 is 2.24 bits per heavy atom. The van der Waals surface area contributed by atoms with Crippen molar-refractivity contribution in [2.75, 3.05) is 0 Å². The molecule has 2 aromatic rings. The summed E-state index contributed by atoms with van der Waals surface area (Å²) in [5.41, 5.74) is 7.50. The van der Waals surface area contributed by atoms with E-state index in [1.165, 1.54) is 11.1 Å². The molecule has 0 amide bonds. The number of thiazole rings is 1. The summed E-state index contributed by atoms with van der Waals surface area (Å²) in [5.74, 6) is -0.356. The van der Waals surface area contributed by atoms with Gasteiger partial charge in [-0.25, -0.2) is 9.37 Å². The number of hydrogen-bond acceptors (Lipinski definition) is 4. The Morgan fingerprint density at radius 1 is 1.47 bits per heavy atom. The molecule has 0 aromatic carbocycles. The Hall–Kier alpha value is -1.33. The van der Waals surface area contributed by atoms with Crippen molar-refractivity contribution >= 4 is 11.3 Å². The molecule has 0 aliphatic carbocycles. The molecule has 0 aliphatic rings. The Kier molecular flexibility index (Phi) is 3.49. The standard InChI is InChI=1S/C12H14FN3S/c1-7-8(2)17-12(16-7)5-11(14)9-3-4-15-6-10(9)13/h3-4,6,11H,5,14H2,1-2H3. The van der Waals surface area contributed by atoms with Gasteiger partial charge in [0.1, 0.15) is 5.82 Å². The van der Waals surface area contributed by atoms with E-state index in [9.17, 15) is 4.39 Å². The highest BCUT2D eigenvalue weighted by Gasteiger charge is 2.14. The van der Waals surface area contributed by atoms with E-state index in [1.54, 1.807) is 23.6 Å². The van der Waals surface area contributed by atoms with Gasteiger partial charge in [-0.05, 0) is 19.9 Å². The van der Waals surface area contributed by atoms with Crippen LogP contribution in [0.2, 0.25) is 0 Å². The first kappa shape index (κ1) is 12.1. The van der Waals surface area contributed by atoms with E-state index in [4.69, 9.17) is 5.73 Å². The van der Waals surface area contributed by atoms with Crippen molar-refractivity contribution in [3.05, 3.63) is 45.4 Å². The highest BCUT2D eigenvalue weighted by atomic mass is 32.1. The monoisotopic (exact) mass is 251 g/mol. The maximum atomic E-state index is 13.5. The van der Waals surface area contributed by atoms with Crippen LogP contribution in [0.15, 0.2) is 18.5 Å². The molecule has 2 heterocycles. The topological polar surface area (TPSA) is 51.8 Å². The highest BCUT2D eigenvalue weighted by Crippen LogP contribution is 2.23. The van der Waals surface area contributed by atoms with Crippen molar-refractivity contribution in [3.8, 4) is 0 Å². The van der Waals surface area contributed by atoms with Gasteiger partial charge in [-0.2, -0.15) is 0 Å². The lowest BCUT2D eigenvalue weighted by atomic mass is 10.1. The number of nitrogens with two attached hydrogens (primary N) is 1. The van der Waals surface area contributed by atoms with Crippen LogP contribution in [0.1, 0.15) is 27.2 Å². The maximum absolute atomic E-state index is 13.5. The zero-order valence-electron chi connectivity index (χ0n) is 9.77. The molecular formula is C12H14FN3S. The first-order chi connectivity index (χ1) is 8.08. The number of pyridine rings is 1. The van der Waals surface area contributed by atoms with E-state index in [0.29, 0.717) is 12.0 Å². The molecule has 0 radical (unpaired) electrons. The molecule has 2 rings (SSSR count). The Bertz CT molecular complexity index is 505. The summed E-state index contributed by atoms with van der Waals surface area (Å²) in [7, 11) is 0. The molecule has 0 aliphatic heterocycles. The summed E-state index contributed by atoms with van der Waals surface area (Å²) in [6, 6.07) is 1.25. The number of aryl methyl sites for hydroxylation is 2. The van der Waals surface area contributed by atoms with Crippen LogP contribution in [0, 0.1) is 19.7 Å². The van der Waals surface area contributed by atoms with Crippen LogP contribution in [-0.4, -0.2) is 9.97 Å². The van der Waals surface area contributed by atoms with Gasteiger partial charge < -0.3 is 5.73 Å². The number of hydrogen-bond donors (Lipinski definition) is 1. The molecule has 1 atom stereocenters. The largest absolute Gasteiger partial charge is 0.324 e. The predicted octanol–water partition coefficient (Wildman–Crippen LogP) is 2.54. The zero-order chi connectivity index (χ0) is 12.4. The molecule has 0 spiro atoms. The minimum absolute atomic E-state index is 0.356. The van der Waals surface area contributed by atoms with E-state index in [0.717, 1.165) is 10.7 Å². The third kappa shape index (κ3) is 2.68. The molecule has 2 aromatic heterocycles. The minimum Gasteiger partial charge on any atom is -0.324 e. The van der Waals surface area contributed by atoms with Gasteiger partial charge in [-0.15, -0.1) is 11.3 Å². The molecule has 0 fully saturated rings. The SMILES string of the molecule is Cc1nc(CC(N)c2ccncc2F)sc1C. The fourth-order valence-corrected chi connectivity index (χ4v) is 2.60. The lowest BCUT2D eigenvalue weighted by Gasteiger charge is -2.10. The predicted molar refractivity (Wildman–Crippen MR) is 66.4 cm³/mol. The smallest absolute Gasteiger partial charge is 0.146 e. The van der Waals surface area contributed by atoms with Crippen LogP contribution in [0.3, 0.4) is 0 Å². The normalized spacial score (nSPS) is 12.7. The van der Waals surface area contributed by atoms with Crippen LogP contribution >= 0.6 is 11.3 Å². The average molecular weight is 251 g/mol. The van der Waals surface area contributed by atoms with Gasteiger partial charge in [0, 0.05) is 29.1 Å². The summed E-state index contributed by atoms with van der Waals surface area (Å²) in [6.07, 6.45) is 3.30. The van der Waals surface area contributed by atoms with Crippen LogP contribution in [-0.2, 0) is 6.42 Å². The first-order valence-corrected chi connectivity index (χ1v) is 6.17. The quantitative estimate of drug-likeness (QED) is 0.912. The molecule has 1 unspecified atom stereocenters. The minimum atomic E-state index is -0.372. The molecule has 0 saturated carbocycles. The van der Waals surface area contributed by atoms with Gasteiger partial charge in [0.05, 0.1) is 16.9 Å². The van der Waals surface area contributed by atoms with Gasteiger partial charge in [0.25, 0.3) is 0 Å². The number of halogens is 1. The lowest BCUT2D eigenvalue weighted by Crippen LogP contribution is -2.15. The third-order valence-electron chi connectivity index (χ3n) is 2.67. The van der Waals surface area contributed by atoms with Gasteiger partial charge in [0.2, 0.25) is 0 Å². The van der Waals surface area contributed by atoms with E-state index in [-0.39, 0.29) is 11.9 Å². The summed E-state index contributed by atoms with van der Waals surface area (Å²) >= 11 is 1.61. The number of aromatic nitrogens is 2. The van der Waals surface area contributed by atoms with Gasteiger partial charge in [-0.1, -0.05) is 0 Å². The van der Waals surface area contributed by atoms with Crippen molar-refractivity contribution in [3.63, 3.8) is 0 Å². The van der Waals surface area contributed by atoms with Crippen LogP contribution < -0.4 is 5.73 Å². The molecule has 2 N–H and O–H groups in total. The van der Waals surface area contributed by atoms with Gasteiger partial charge in [0.15, 0.2) is 0 Å². The molecule has 0 bridgehead atoms. The summed E-state index contributed by atoms with van der Waals surface area (Å²) in [6.45, 7) is 3.99. The second kappa shape index (κ2) is 4.89. The molecule has 90 valence electrons. The maximum Gasteiger partial charge on any atom is 0.146 e. The molecule has 0 saturated heterocycles. The Balaban J connectivity index is 2.17. The van der Waals surface area contributed by atoms with Crippen molar-refractivity contribution in [1.82, 2.24) is 9.97 Å². The fraction of sp³-hybridized carbons (Fsp3) is 0.333. The van der Waals surface area contributed by atoms with E-state index in [1.807, 2.05) is 13.8 Å². The van der Waals surface area contributed by atoms with Crippen LogP contribution in [0.25, 0.3) is 0 Å². The van der Waals surface area contributed by atoms with Crippen LogP contribution in [0.4, 0.5) is 4.39 Å². The highest BCUT2D eigenvalue weighted by molar-refractivity contribution is 7.11. The van der Waals surface area contributed by atoms with Crippen molar-refractivity contribution in [2.45, 2.75) is 26.3 Å². The van der Waals surface area contributed by atoms with Crippen LogP contribution in [0.5, 0.6) is 0 Å². The lowest BCUT2D eigenvalue weighted by molar-refractivity contribution is 0.574. The van der Waals surface area contributed by atoms with Crippen molar-refractivity contribution < 1.29 is 4.39 Å². The molecule has 5 heteroatoms.